The van der Waals surface area contributed by atoms with Crippen LogP contribution < -0.4 is 5.32 Å². The van der Waals surface area contributed by atoms with Gasteiger partial charge < -0.3 is 10.1 Å². The van der Waals surface area contributed by atoms with Crippen LogP contribution in [-0.4, -0.2) is 12.7 Å². The molecule has 0 atom stereocenters. The van der Waals surface area contributed by atoms with Gasteiger partial charge in [-0.15, -0.1) is 0 Å². The zero-order valence-electron chi connectivity index (χ0n) is 24.3. The first-order valence-corrected chi connectivity index (χ1v) is 15.1. The molecule has 0 saturated heterocycles. The molecule has 36 heavy (non-hydrogen) atoms. The predicted octanol–water partition coefficient (Wildman–Crippen LogP) is 10.7. The van der Waals surface area contributed by atoms with Gasteiger partial charge in [-0.3, -0.25) is 0 Å². The molecule has 0 aromatic heterocycles. The second kappa shape index (κ2) is 20.3. The maximum absolute atomic E-state index is 12.3. The normalized spacial score (nSPS) is 11.4. The van der Waals surface area contributed by atoms with Gasteiger partial charge in [-0.25, -0.2) is 4.79 Å². The second-order valence-electron chi connectivity index (χ2n) is 11.3. The molecule has 0 aliphatic carbocycles. The minimum Gasteiger partial charge on any atom is -0.450 e. The summed E-state index contributed by atoms with van der Waals surface area (Å²) in [5.41, 5.74) is 2.67. The highest BCUT2D eigenvalue weighted by atomic mass is 16.5. The lowest BCUT2D eigenvalue weighted by atomic mass is 9.92. The first-order valence-electron chi connectivity index (χ1n) is 15.1. The lowest BCUT2D eigenvalue weighted by Crippen LogP contribution is -2.41. The first kappa shape index (κ1) is 32.3. The average molecular weight is 500 g/mol. The van der Waals surface area contributed by atoms with Crippen LogP contribution in [0.4, 0.5) is 4.79 Å². The van der Waals surface area contributed by atoms with Crippen molar-refractivity contribution in [3.8, 4) is 0 Å². The van der Waals surface area contributed by atoms with Gasteiger partial charge in [-0.05, 0) is 44.4 Å². The highest BCUT2D eigenvalue weighted by Crippen LogP contribution is 2.23. The van der Waals surface area contributed by atoms with Crippen molar-refractivity contribution in [1.82, 2.24) is 5.32 Å². The third-order valence-corrected chi connectivity index (χ3v) is 7.22. The average Bonchev–Trinajstić information content (AvgIpc) is 2.85. The number of hydrogen-bond donors (Lipinski definition) is 1. The van der Waals surface area contributed by atoms with Gasteiger partial charge in [0.2, 0.25) is 0 Å². The number of benzene rings is 1. The van der Waals surface area contributed by atoms with Crippen LogP contribution in [0.3, 0.4) is 0 Å². The summed E-state index contributed by atoms with van der Waals surface area (Å²) in [6.45, 7) is 12.8. The second-order valence-corrected chi connectivity index (χ2v) is 11.3. The van der Waals surface area contributed by atoms with E-state index in [1.165, 1.54) is 103 Å². The van der Waals surface area contributed by atoms with Crippen molar-refractivity contribution in [2.75, 3.05) is 6.61 Å². The van der Waals surface area contributed by atoms with E-state index in [0.29, 0.717) is 6.61 Å². The van der Waals surface area contributed by atoms with Crippen molar-refractivity contribution >= 4 is 11.7 Å². The Bertz CT molecular complexity index is 709. The summed E-state index contributed by atoms with van der Waals surface area (Å²) in [7, 11) is 0. The van der Waals surface area contributed by atoms with Gasteiger partial charge in [0.25, 0.3) is 0 Å². The zero-order valence-corrected chi connectivity index (χ0v) is 24.3. The van der Waals surface area contributed by atoms with Crippen LogP contribution in [-0.2, 0) is 10.3 Å². The Morgan fingerprint density at radius 2 is 1.22 bits per heavy atom. The Kier molecular flexibility index (Phi) is 18.2. The van der Waals surface area contributed by atoms with Gasteiger partial charge in [0.15, 0.2) is 0 Å². The Morgan fingerprint density at radius 3 is 1.67 bits per heavy atom. The van der Waals surface area contributed by atoms with Crippen molar-refractivity contribution in [1.29, 1.82) is 0 Å². The van der Waals surface area contributed by atoms with Gasteiger partial charge >= 0.3 is 6.09 Å². The minimum absolute atomic E-state index is 0.340. The number of hydrogen-bond acceptors (Lipinski definition) is 2. The topological polar surface area (TPSA) is 38.3 Å². The molecular formula is C33H57NO2. The van der Waals surface area contributed by atoms with Crippen molar-refractivity contribution in [3.05, 3.63) is 42.0 Å². The highest BCUT2D eigenvalue weighted by molar-refractivity contribution is 5.69. The molecule has 1 amide bonds. The van der Waals surface area contributed by atoms with Crippen molar-refractivity contribution in [2.45, 2.75) is 149 Å². The van der Waals surface area contributed by atoms with E-state index in [9.17, 15) is 4.79 Å². The van der Waals surface area contributed by atoms with E-state index in [0.717, 1.165) is 29.5 Å². The summed E-state index contributed by atoms with van der Waals surface area (Å²) in [6.07, 6.45) is 24.1. The third kappa shape index (κ3) is 16.1. The lowest BCUT2D eigenvalue weighted by molar-refractivity contribution is 0.133. The molecule has 1 aromatic rings. The summed E-state index contributed by atoms with van der Waals surface area (Å²) in [4.78, 5) is 12.3. The summed E-state index contributed by atoms with van der Waals surface area (Å²) in [6, 6.07) is 8.16. The highest BCUT2D eigenvalue weighted by Gasteiger charge is 2.23. The van der Waals surface area contributed by atoms with E-state index in [-0.39, 0.29) is 6.09 Å². The molecule has 0 saturated carbocycles. The van der Waals surface area contributed by atoms with Crippen molar-refractivity contribution in [3.63, 3.8) is 0 Å². The molecular weight excluding hydrogens is 442 g/mol. The van der Waals surface area contributed by atoms with Crippen LogP contribution in [0.1, 0.15) is 154 Å². The number of amides is 1. The molecule has 3 heteroatoms. The molecule has 0 unspecified atom stereocenters. The van der Waals surface area contributed by atoms with Crippen molar-refractivity contribution in [2.24, 2.45) is 0 Å². The molecule has 0 fully saturated rings. The van der Waals surface area contributed by atoms with Gasteiger partial charge in [0.05, 0.1) is 12.1 Å². The maximum Gasteiger partial charge on any atom is 0.407 e. The maximum atomic E-state index is 12.3. The molecule has 0 aliphatic heterocycles. The Morgan fingerprint density at radius 1 is 0.778 bits per heavy atom. The number of carbonyl (C=O) groups excluding carboxylic acids is 1. The summed E-state index contributed by atoms with van der Waals surface area (Å²) in [5.74, 6) is 0. The van der Waals surface area contributed by atoms with Crippen LogP contribution in [0.2, 0.25) is 0 Å². The molecule has 206 valence electrons. The molecule has 0 spiro atoms. The Labute approximate surface area is 223 Å². The molecule has 3 nitrogen and oxygen atoms in total. The SMILES string of the molecule is C=C(C)c1cccc(C(C)(C)NC(=O)OCCCCCCCCCCCCCCCCCCCC)c1. The summed E-state index contributed by atoms with van der Waals surface area (Å²) in [5, 5.41) is 3.01. The first-order chi connectivity index (χ1) is 17.4. The molecule has 0 heterocycles. The molecule has 0 aliphatic rings. The fourth-order valence-corrected chi connectivity index (χ4v) is 4.71. The lowest BCUT2D eigenvalue weighted by Gasteiger charge is -2.27. The molecule has 1 aromatic carbocycles. The number of alkyl carbamates (subject to hydrolysis) is 1. The third-order valence-electron chi connectivity index (χ3n) is 7.22. The van der Waals surface area contributed by atoms with Crippen LogP contribution in [0.5, 0.6) is 0 Å². The Balaban J connectivity index is 1.93. The summed E-state index contributed by atoms with van der Waals surface area (Å²) >= 11 is 0. The van der Waals surface area contributed by atoms with Gasteiger partial charge in [0.1, 0.15) is 0 Å². The monoisotopic (exact) mass is 499 g/mol. The van der Waals surface area contributed by atoms with Gasteiger partial charge in [-0.2, -0.15) is 0 Å². The number of carbonyl (C=O) groups is 1. The van der Waals surface area contributed by atoms with Crippen LogP contribution in [0.25, 0.3) is 5.57 Å². The number of allylic oxidation sites excluding steroid dienone is 1. The van der Waals surface area contributed by atoms with Gasteiger partial charge in [-0.1, -0.05) is 146 Å². The molecule has 1 N–H and O–H groups in total. The smallest absolute Gasteiger partial charge is 0.407 e. The zero-order chi connectivity index (χ0) is 26.5. The number of unbranched alkanes of at least 4 members (excludes halogenated alkanes) is 17. The minimum atomic E-state index is -0.490. The molecule has 0 radical (unpaired) electrons. The van der Waals surface area contributed by atoms with E-state index < -0.39 is 5.54 Å². The molecule has 1 rings (SSSR count). The summed E-state index contributed by atoms with van der Waals surface area (Å²) < 4.78 is 5.44. The van der Waals surface area contributed by atoms with Crippen LogP contribution in [0, 0.1) is 0 Å². The standard InChI is InChI=1S/C33H57NO2/c1-6-7-8-9-10-11-12-13-14-15-16-17-18-19-20-21-22-23-27-36-32(35)34-33(4,5)31-26-24-25-30(28-31)29(2)3/h24-26,28H,2,6-23,27H2,1,3-5H3,(H,34,35). The van der Waals surface area contributed by atoms with Crippen LogP contribution >= 0.6 is 0 Å². The quantitative estimate of drug-likeness (QED) is 0.161. The molecule has 0 bridgehead atoms. The van der Waals surface area contributed by atoms with E-state index in [2.05, 4.69) is 24.9 Å². The van der Waals surface area contributed by atoms with E-state index in [1.807, 2.05) is 39.0 Å². The van der Waals surface area contributed by atoms with E-state index in [4.69, 9.17) is 4.74 Å². The fourth-order valence-electron chi connectivity index (χ4n) is 4.71. The fraction of sp³-hybridized carbons (Fsp3) is 0.727. The largest absolute Gasteiger partial charge is 0.450 e. The number of nitrogens with one attached hydrogen (secondary N) is 1. The van der Waals surface area contributed by atoms with E-state index in [1.54, 1.807) is 0 Å². The number of rotatable bonds is 22. The number of ether oxygens (including phenoxy) is 1. The van der Waals surface area contributed by atoms with Crippen molar-refractivity contribution < 1.29 is 9.53 Å². The van der Waals surface area contributed by atoms with E-state index >= 15 is 0 Å². The van der Waals surface area contributed by atoms with Crippen LogP contribution in [0.15, 0.2) is 30.8 Å². The van der Waals surface area contributed by atoms with Gasteiger partial charge in [0, 0.05) is 0 Å². The Hall–Kier alpha value is -1.77. The predicted molar refractivity (Wildman–Crippen MR) is 157 cm³/mol.